The summed E-state index contributed by atoms with van der Waals surface area (Å²) in [7, 11) is 0. The number of allylic oxidation sites excluding steroid dienone is 1. The molecule has 0 bridgehead atoms. The average Bonchev–Trinajstić information content (AvgIpc) is 2.79. The molecule has 2 heteroatoms. The third-order valence-electron chi connectivity index (χ3n) is 5.19. The van der Waals surface area contributed by atoms with Crippen molar-refractivity contribution in [3.05, 3.63) is 65.2 Å². The number of hydrogen-bond donors (Lipinski definition) is 0. The van der Waals surface area contributed by atoms with Crippen molar-refractivity contribution in [2.24, 2.45) is 0 Å². The van der Waals surface area contributed by atoms with Crippen LogP contribution in [0.4, 0.5) is 0 Å². The summed E-state index contributed by atoms with van der Waals surface area (Å²) in [5.41, 5.74) is 7.85. The molecule has 1 unspecified atom stereocenters. The second kappa shape index (κ2) is 6.50. The molecule has 1 aliphatic carbocycles. The van der Waals surface area contributed by atoms with Gasteiger partial charge in [-0.25, -0.2) is 0 Å². The number of hydrogen-bond acceptors (Lipinski definition) is 0. The zero-order chi connectivity index (χ0) is 17.7. The van der Waals surface area contributed by atoms with Crippen LogP contribution in [0, 0.1) is 0 Å². The van der Waals surface area contributed by atoms with Crippen LogP contribution in [0.25, 0.3) is 14.7 Å². The van der Waals surface area contributed by atoms with E-state index in [9.17, 15) is 0 Å². The molecule has 0 fully saturated rings. The third-order valence-corrected chi connectivity index (χ3v) is 18.4. The summed E-state index contributed by atoms with van der Waals surface area (Å²) in [6.45, 7) is 2.46. The monoisotopic (exact) mass is 534 g/mol. The summed E-state index contributed by atoms with van der Waals surface area (Å²) in [5, 5.41) is 0. The number of rotatable bonds is 3. The van der Waals surface area contributed by atoms with Crippen molar-refractivity contribution in [1.29, 1.82) is 0 Å². The summed E-state index contributed by atoms with van der Waals surface area (Å²) >= 11 is -4.33. The molecule has 0 heterocycles. The van der Waals surface area contributed by atoms with Gasteiger partial charge < -0.3 is 0 Å². The maximum absolute atomic E-state index is 2.60. The molecule has 1 aliphatic rings. The van der Waals surface area contributed by atoms with Crippen molar-refractivity contribution >= 4 is 40.3 Å². The molecule has 2 aromatic rings. The molecule has 0 radical (unpaired) electrons. The molecule has 0 saturated carbocycles. The fourth-order valence-electron chi connectivity index (χ4n) is 4.61. The third kappa shape index (κ3) is 3.25. The number of benzene rings is 2. The Kier molecular flexibility index (Phi) is 5.03. The van der Waals surface area contributed by atoms with Crippen LogP contribution in [0.3, 0.4) is 0 Å². The van der Waals surface area contributed by atoms with E-state index in [0.717, 1.165) is 3.93 Å². The Morgan fingerprint density at radius 1 is 0.750 bits per heavy atom. The Balaban J connectivity index is 2.35. The van der Waals surface area contributed by atoms with E-state index in [1.54, 1.807) is 20.3 Å². The van der Waals surface area contributed by atoms with Crippen molar-refractivity contribution in [2.45, 2.75) is 40.5 Å². The number of fused-ring (bicyclic) bond motifs is 1. The van der Waals surface area contributed by atoms with E-state index in [4.69, 9.17) is 0 Å². The van der Waals surface area contributed by atoms with Gasteiger partial charge in [-0.1, -0.05) is 0 Å². The predicted octanol–water partition coefficient (Wildman–Crippen LogP) is 6.98. The molecule has 0 spiro atoms. The molecule has 0 aromatic heterocycles. The maximum atomic E-state index is 2.60. The molecule has 1 atom stereocenters. The first kappa shape index (κ1) is 18.6. The second-order valence-electron chi connectivity index (χ2n) is 9.24. The molecule has 2 aromatic carbocycles. The first-order valence-corrected chi connectivity index (χ1v) is 29.2. The second-order valence-corrected chi connectivity index (χ2v) is 38.7. The summed E-state index contributed by atoms with van der Waals surface area (Å²) in [4.78, 5) is 15.5. The molecule has 3 rings (SSSR count). The zero-order valence-electron chi connectivity index (χ0n) is 16.2. The Morgan fingerprint density at radius 2 is 1.38 bits per heavy atom. The van der Waals surface area contributed by atoms with Gasteiger partial charge >= 0.3 is 157 Å². The van der Waals surface area contributed by atoms with E-state index in [1.165, 1.54) is 11.1 Å². The van der Waals surface area contributed by atoms with Gasteiger partial charge in [0.15, 0.2) is 0 Å². The molecular formula is C22H30Sn2. The molecule has 0 aliphatic heterocycles. The molecule has 0 amide bonds. The summed E-state index contributed by atoms with van der Waals surface area (Å²) in [6.07, 6.45) is 0. The summed E-state index contributed by atoms with van der Waals surface area (Å²) < 4.78 is 2.55. The quantitative estimate of drug-likeness (QED) is 0.375. The van der Waals surface area contributed by atoms with Crippen LogP contribution in [0.5, 0.6) is 0 Å². The van der Waals surface area contributed by atoms with Crippen molar-refractivity contribution in [3.63, 3.8) is 0 Å². The van der Waals surface area contributed by atoms with E-state index in [0.29, 0.717) is 0 Å². The first-order chi connectivity index (χ1) is 11.1. The van der Waals surface area contributed by atoms with Crippen molar-refractivity contribution in [1.82, 2.24) is 0 Å². The fourth-order valence-corrected chi connectivity index (χ4v) is 20.0. The van der Waals surface area contributed by atoms with Crippen LogP contribution in [0.15, 0.2) is 54.1 Å². The van der Waals surface area contributed by atoms with E-state index < -0.39 is 36.8 Å². The molecule has 0 saturated heterocycles. The van der Waals surface area contributed by atoms with Gasteiger partial charge in [0.1, 0.15) is 0 Å². The topological polar surface area (TPSA) is 0 Å². The predicted molar refractivity (Wildman–Crippen MR) is 114 cm³/mol. The molecule has 126 valence electrons. The van der Waals surface area contributed by atoms with Gasteiger partial charge in [-0.3, -0.25) is 0 Å². The van der Waals surface area contributed by atoms with Crippen LogP contribution >= 0.6 is 0 Å². The summed E-state index contributed by atoms with van der Waals surface area (Å²) in [6, 6.07) is 18.1. The SMILES string of the molecule is CC1=[C]([Sn]([CH3])([CH3])[CH3])c2c(-c3ccccc3)cccc2[CH]1[Sn]([CH3])([CH3])[CH3]. The Morgan fingerprint density at radius 3 is 1.92 bits per heavy atom. The fraction of sp³-hybridized carbons (Fsp3) is 0.364. The van der Waals surface area contributed by atoms with E-state index in [-0.39, 0.29) is 0 Å². The van der Waals surface area contributed by atoms with E-state index in [1.807, 2.05) is 0 Å². The minimum absolute atomic E-state index is 0.754. The van der Waals surface area contributed by atoms with Crippen LogP contribution in [0.2, 0.25) is 29.6 Å². The van der Waals surface area contributed by atoms with E-state index >= 15 is 0 Å². The van der Waals surface area contributed by atoms with Gasteiger partial charge in [0.2, 0.25) is 0 Å². The van der Waals surface area contributed by atoms with Gasteiger partial charge in [0, 0.05) is 0 Å². The minimum atomic E-state index is -2.22. The van der Waals surface area contributed by atoms with Crippen LogP contribution in [-0.4, -0.2) is 36.8 Å². The molecule has 0 N–H and O–H groups in total. The Hall–Kier alpha value is -0.223. The Labute approximate surface area is 156 Å². The molecule has 24 heavy (non-hydrogen) atoms. The summed E-state index contributed by atoms with van der Waals surface area (Å²) in [5.74, 6) is 0. The van der Waals surface area contributed by atoms with Gasteiger partial charge in [-0.05, 0) is 0 Å². The normalized spacial score (nSPS) is 18.0. The van der Waals surface area contributed by atoms with E-state index in [2.05, 4.69) is 85.1 Å². The van der Waals surface area contributed by atoms with Crippen LogP contribution in [0.1, 0.15) is 22.0 Å². The average molecular weight is 532 g/mol. The van der Waals surface area contributed by atoms with Gasteiger partial charge in [-0.2, -0.15) is 0 Å². The van der Waals surface area contributed by atoms with Crippen molar-refractivity contribution < 1.29 is 0 Å². The van der Waals surface area contributed by atoms with Crippen molar-refractivity contribution in [2.75, 3.05) is 0 Å². The Bertz CT molecular complexity index is 787. The molecular weight excluding hydrogens is 502 g/mol. The first-order valence-electron chi connectivity index (χ1n) is 9.02. The zero-order valence-corrected chi connectivity index (χ0v) is 21.9. The van der Waals surface area contributed by atoms with Crippen LogP contribution < -0.4 is 0 Å². The van der Waals surface area contributed by atoms with Gasteiger partial charge in [-0.15, -0.1) is 0 Å². The molecule has 0 nitrogen and oxygen atoms in total. The van der Waals surface area contributed by atoms with Gasteiger partial charge in [0.05, 0.1) is 0 Å². The standard InChI is InChI=1S/C16H12.6CH3.2Sn/c1-12-10-14-8-5-9-15(16(14)11-12)13-6-3-2-4-7-13;;;;;;;;/h2-10H,1H3;6*1H3;;. The van der Waals surface area contributed by atoms with Crippen LogP contribution in [-0.2, 0) is 0 Å². The van der Waals surface area contributed by atoms with Crippen molar-refractivity contribution in [3.8, 4) is 11.1 Å². The van der Waals surface area contributed by atoms with Gasteiger partial charge in [0.25, 0.3) is 0 Å².